The summed E-state index contributed by atoms with van der Waals surface area (Å²) < 4.78 is 23.2. The number of nitrogens with one attached hydrogen (secondary N) is 2. The molecule has 2 amide bonds. The highest BCUT2D eigenvalue weighted by Gasteiger charge is 2.28. The first-order valence-corrected chi connectivity index (χ1v) is 9.85. The summed E-state index contributed by atoms with van der Waals surface area (Å²) in [5.41, 5.74) is 0.672. The van der Waals surface area contributed by atoms with E-state index in [0.717, 1.165) is 7.11 Å². The maximum absolute atomic E-state index is 13.2. The molecule has 0 bridgehead atoms. The lowest BCUT2D eigenvalue weighted by atomic mass is 10.0. The Bertz CT molecular complexity index is 1030. The molecular weight excluding hydrogens is 437 g/mol. The molecule has 2 atom stereocenters. The first-order valence-electron chi connectivity index (χ1n) is 9.85. The molecule has 0 radical (unpaired) electrons. The SMILES string of the molecule is COC(=O)[C@H](Cc1cc([N+](=O)[O-])ccc1OC)NC(=O)[C@@H](Cc1ccc(F)cc1)NC(C)=O. The second kappa shape index (κ2) is 11.6. The van der Waals surface area contributed by atoms with Crippen LogP contribution in [0.3, 0.4) is 0 Å². The molecule has 0 fully saturated rings. The van der Waals surface area contributed by atoms with Crippen LogP contribution in [0, 0.1) is 15.9 Å². The third-order valence-electron chi connectivity index (χ3n) is 4.75. The number of carbonyl (C=O) groups excluding carboxylic acids is 3. The summed E-state index contributed by atoms with van der Waals surface area (Å²) >= 11 is 0. The second-order valence-electron chi connectivity index (χ2n) is 7.13. The van der Waals surface area contributed by atoms with Crippen molar-refractivity contribution < 1.29 is 33.2 Å². The summed E-state index contributed by atoms with van der Waals surface area (Å²) in [6.45, 7) is 1.23. The Morgan fingerprint density at radius 3 is 2.24 bits per heavy atom. The van der Waals surface area contributed by atoms with Gasteiger partial charge in [0.1, 0.15) is 23.7 Å². The average Bonchev–Trinajstić information content (AvgIpc) is 2.78. The molecule has 2 rings (SSSR count). The van der Waals surface area contributed by atoms with Gasteiger partial charge < -0.3 is 20.1 Å². The number of esters is 1. The van der Waals surface area contributed by atoms with Crippen molar-refractivity contribution in [3.8, 4) is 5.75 Å². The van der Waals surface area contributed by atoms with Crippen molar-refractivity contribution in [3.05, 3.63) is 69.5 Å². The van der Waals surface area contributed by atoms with E-state index in [1.807, 2.05) is 0 Å². The highest BCUT2D eigenvalue weighted by Crippen LogP contribution is 2.25. The minimum atomic E-state index is -1.22. The van der Waals surface area contributed by atoms with Gasteiger partial charge in [0.2, 0.25) is 11.8 Å². The van der Waals surface area contributed by atoms with Crippen molar-refractivity contribution in [3.63, 3.8) is 0 Å². The van der Waals surface area contributed by atoms with Gasteiger partial charge in [0, 0.05) is 37.5 Å². The molecule has 2 aromatic carbocycles. The van der Waals surface area contributed by atoms with Crippen molar-refractivity contribution in [2.45, 2.75) is 31.8 Å². The van der Waals surface area contributed by atoms with Crippen molar-refractivity contribution in [1.82, 2.24) is 10.6 Å². The highest BCUT2D eigenvalue weighted by molar-refractivity contribution is 5.90. The lowest BCUT2D eigenvalue weighted by molar-refractivity contribution is -0.384. The largest absolute Gasteiger partial charge is 0.496 e. The molecule has 0 aromatic heterocycles. The molecule has 0 saturated carbocycles. The fraction of sp³-hybridized carbons (Fsp3) is 0.318. The van der Waals surface area contributed by atoms with Crippen LogP contribution >= 0.6 is 0 Å². The van der Waals surface area contributed by atoms with Gasteiger partial charge >= 0.3 is 5.97 Å². The van der Waals surface area contributed by atoms with Gasteiger partial charge in [0.25, 0.3) is 5.69 Å². The Labute approximate surface area is 189 Å². The van der Waals surface area contributed by atoms with Crippen LogP contribution in [0.4, 0.5) is 10.1 Å². The fourth-order valence-electron chi connectivity index (χ4n) is 3.18. The number of nitrogens with zero attached hydrogens (tertiary/aromatic N) is 1. The third-order valence-corrected chi connectivity index (χ3v) is 4.75. The summed E-state index contributed by atoms with van der Waals surface area (Å²) in [5.74, 6) is -2.12. The maximum Gasteiger partial charge on any atom is 0.328 e. The van der Waals surface area contributed by atoms with Crippen LogP contribution in [0.2, 0.25) is 0 Å². The number of ether oxygens (including phenoxy) is 2. The Morgan fingerprint density at radius 2 is 1.70 bits per heavy atom. The van der Waals surface area contributed by atoms with Crippen LogP contribution < -0.4 is 15.4 Å². The number of benzene rings is 2. The zero-order valence-corrected chi connectivity index (χ0v) is 18.3. The zero-order chi connectivity index (χ0) is 24.5. The Kier molecular flexibility index (Phi) is 8.84. The number of rotatable bonds is 10. The minimum absolute atomic E-state index is 0.0414. The number of hydrogen-bond donors (Lipinski definition) is 2. The van der Waals surface area contributed by atoms with Crippen molar-refractivity contribution in [2.24, 2.45) is 0 Å². The lowest BCUT2D eigenvalue weighted by Crippen LogP contribution is -2.53. The number of halogens is 1. The summed E-state index contributed by atoms with van der Waals surface area (Å²) in [7, 11) is 2.50. The molecule has 0 unspecified atom stereocenters. The highest BCUT2D eigenvalue weighted by atomic mass is 19.1. The number of nitro benzene ring substituents is 1. The number of carbonyl (C=O) groups is 3. The van der Waals surface area contributed by atoms with E-state index in [2.05, 4.69) is 10.6 Å². The standard InChI is InChI=1S/C22H24FN3O7/c1-13(27)24-18(10-14-4-6-16(23)7-5-14)21(28)25-19(22(29)33-3)12-15-11-17(26(30)31)8-9-20(15)32-2/h4-9,11,18-19H,10,12H2,1-3H3,(H,24,27)(H,25,28)/t18-,19+/m1/s1. The number of nitro groups is 1. The van der Waals surface area contributed by atoms with Crippen LogP contribution in [-0.4, -0.2) is 49.0 Å². The van der Waals surface area contributed by atoms with Gasteiger partial charge in [-0.3, -0.25) is 19.7 Å². The van der Waals surface area contributed by atoms with Crippen LogP contribution in [0.15, 0.2) is 42.5 Å². The average molecular weight is 461 g/mol. The topological polar surface area (TPSA) is 137 Å². The van der Waals surface area contributed by atoms with E-state index < -0.39 is 40.6 Å². The smallest absolute Gasteiger partial charge is 0.328 e. The number of amides is 2. The van der Waals surface area contributed by atoms with Crippen LogP contribution in [0.25, 0.3) is 0 Å². The normalized spacial score (nSPS) is 12.2. The van der Waals surface area contributed by atoms with E-state index in [4.69, 9.17) is 9.47 Å². The van der Waals surface area contributed by atoms with E-state index in [1.54, 1.807) is 0 Å². The number of methoxy groups -OCH3 is 2. The van der Waals surface area contributed by atoms with E-state index in [-0.39, 0.29) is 24.3 Å². The summed E-state index contributed by atoms with van der Waals surface area (Å²) in [6, 6.07) is 7.00. The Hall–Kier alpha value is -4.02. The third kappa shape index (κ3) is 7.27. The molecule has 0 saturated heterocycles. The molecule has 11 heteroatoms. The van der Waals surface area contributed by atoms with Crippen LogP contribution in [-0.2, 0) is 32.0 Å². The summed E-state index contributed by atoms with van der Waals surface area (Å²) in [4.78, 5) is 47.5. The van der Waals surface area contributed by atoms with Gasteiger partial charge in [0.05, 0.1) is 19.1 Å². The minimum Gasteiger partial charge on any atom is -0.496 e. The number of hydrogen-bond acceptors (Lipinski definition) is 7. The molecule has 2 N–H and O–H groups in total. The van der Waals surface area contributed by atoms with Crippen molar-refractivity contribution in [1.29, 1.82) is 0 Å². The first-order chi connectivity index (χ1) is 15.6. The Morgan fingerprint density at radius 1 is 1.03 bits per heavy atom. The molecule has 10 nitrogen and oxygen atoms in total. The molecule has 2 aromatic rings. The molecule has 33 heavy (non-hydrogen) atoms. The monoisotopic (exact) mass is 461 g/mol. The van der Waals surface area contributed by atoms with E-state index in [1.165, 1.54) is 56.5 Å². The van der Waals surface area contributed by atoms with E-state index in [9.17, 15) is 28.9 Å². The van der Waals surface area contributed by atoms with Crippen molar-refractivity contribution >= 4 is 23.5 Å². The summed E-state index contributed by atoms with van der Waals surface area (Å²) in [6.07, 6.45) is -0.119. The number of non-ortho nitro benzene ring substituents is 1. The van der Waals surface area contributed by atoms with E-state index in [0.29, 0.717) is 11.1 Å². The van der Waals surface area contributed by atoms with Gasteiger partial charge in [-0.15, -0.1) is 0 Å². The molecular formula is C22H24FN3O7. The zero-order valence-electron chi connectivity index (χ0n) is 18.3. The summed E-state index contributed by atoms with van der Waals surface area (Å²) in [5, 5.41) is 16.2. The van der Waals surface area contributed by atoms with Gasteiger partial charge in [-0.1, -0.05) is 12.1 Å². The molecule has 0 spiro atoms. The van der Waals surface area contributed by atoms with Gasteiger partial charge in [-0.05, 0) is 23.8 Å². The fourth-order valence-corrected chi connectivity index (χ4v) is 3.18. The molecule has 0 aliphatic rings. The van der Waals surface area contributed by atoms with Crippen LogP contribution in [0.1, 0.15) is 18.1 Å². The quantitative estimate of drug-likeness (QED) is 0.312. The molecule has 0 aliphatic carbocycles. The Balaban J connectivity index is 2.28. The van der Waals surface area contributed by atoms with Gasteiger partial charge in [-0.2, -0.15) is 0 Å². The van der Waals surface area contributed by atoms with E-state index >= 15 is 0 Å². The molecule has 176 valence electrons. The maximum atomic E-state index is 13.2. The second-order valence-corrected chi connectivity index (χ2v) is 7.13. The van der Waals surface area contributed by atoms with Crippen molar-refractivity contribution in [2.75, 3.05) is 14.2 Å². The lowest BCUT2D eigenvalue weighted by Gasteiger charge is -2.22. The van der Waals surface area contributed by atoms with Gasteiger partial charge in [-0.25, -0.2) is 9.18 Å². The molecule has 0 heterocycles. The first kappa shape index (κ1) is 25.2. The molecule has 0 aliphatic heterocycles. The van der Waals surface area contributed by atoms with Gasteiger partial charge in [0.15, 0.2) is 0 Å². The van der Waals surface area contributed by atoms with Crippen LogP contribution in [0.5, 0.6) is 5.75 Å². The predicted molar refractivity (Wildman–Crippen MR) is 115 cm³/mol. The predicted octanol–water partition coefficient (Wildman–Crippen LogP) is 1.69.